The number of hydrogen-bond donors (Lipinski definition) is 0. The molecule has 3 heterocycles. The van der Waals surface area contributed by atoms with Crippen molar-refractivity contribution in [2.75, 3.05) is 0 Å². The number of rotatable bonds is 4. The monoisotopic (exact) mass is 687 g/mol. The molecule has 54 heavy (non-hydrogen) atoms. The van der Waals surface area contributed by atoms with Gasteiger partial charge in [-0.2, -0.15) is 9.97 Å². The highest BCUT2D eigenvalue weighted by molar-refractivity contribution is 6.40. The van der Waals surface area contributed by atoms with E-state index in [9.17, 15) is 0 Å². The van der Waals surface area contributed by atoms with Crippen LogP contribution in [0.3, 0.4) is 0 Å². The molecule has 0 saturated carbocycles. The molecule has 250 valence electrons. The van der Waals surface area contributed by atoms with Gasteiger partial charge < -0.3 is 4.57 Å². The van der Waals surface area contributed by atoms with E-state index in [4.69, 9.17) is 15.0 Å². The van der Waals surface area contributed by atoms with Gasteiger partial charge in [-0.25, -0.2) is 4.98 Å². The van der Waals surface area contributed by atoms with Gasteiger partial charge >= 0.3 is 0 Å². The molecule has 0 atom stereocenters. The number of hydrogen-bond acceptors (Lipinski definition) is 3. The molecule has 11 aromatic rings. The third kappa shape index (κ3) is 3.95. The van der Waals surface area contributed by atoms with Crippen molar-refractivity contribution in [1.82, 2.24) is 24.1 Å². The van der Waals surface area contributed by atoms with Crippen LogP contribution >= 0.6 is 0 Å². The second-order valence-corrected chi connectivity index (χ2v) is 14.0. The fourth-order valence-corrected chi connectivity index (χ4v) is 8.93. The zero-order chi connectivity index (χ0) is 35.3. The largest absolute Gasteiger partial charge is 0.309 e. The van der Waals surface area contributed by atoms with E-state index < -0.39 is 0 Å². The van der Waals surface area contributed by atoms with Crippen molar-refractivity contribution in [3.63, 3.8) is 0 Å². The van der Waals surface area contributed by atoms with E-state index in [1.165, 1.54) is 54.6 Å². The highest BCUT2D eigenvalue weighted by atomic mass is 15.2. The summed E-state index contributed by atoms with van der Waals surface area (Å²) >= 11 is 0. The standard InChI is InChI=1S/C49H29N5/c1-4-16-30(17-5-1)47-50-48(31-18-6-2-7-19-31)52-49(51-47)54-40-29-15-26-36-34-23-11-10-22-33(34)35-25-14-27-38-41(35)44(42(36)40)46(54)43-37-24-12-13-28-39(37)53(45(38)43)32-20-8-3-9-21-32/h1-29H. The van der Waals surface area contributed by atoms with Gasteiger partial charge in [0, 0.05) is 49.1 Å². The highest BCUT2D eigenvalue weighted by Crippen LogP contribution is 2.53. The van der Waals surface area contributed by atoms with E-state index in [-0.39, 0.29) is 0 Å². The van der Waals surface area contributed by atoms with E-state index >= 15 is 0 Å². The molecule has 0 spiro atoms. The first kappa shape index (κ1) is 29.2. The van der Waals surface area contributed by atoms with E-state index in [0.29, 0.717) is 17.6 Å². The number of aromatic nitrogens is 5. The molecule has 0 amide bonds. The molecule has 5 heteroatoms. The van der Waals surface area contributed by atoms with Gasteiger partial charge in [0.1, 0.15) is 0 Å². The van der Waals surface area contributed by atoms with Crippen LogP contribution in [0.4, 0.5) is 0 Å². The van der Waals surface area contributed by atoms with Gasteiger partial charge in [-0.05, 0) is 46.5 Å². The molecular formula is C49H29N5. The summed E-state index contributed by atoms with van der Waals surface area (Å²) in [5, 5.41) is 7.22. The summed E-state index contributed by atoms with van der Waals surface area (Å²) in [6.45, 7) is 0. The van der Waals surface area contributed by atoms with Crippen molar-refractivity contribution < 1.29 is 0 Å². The Kier molecular flexibility index (Phi) is 5.99. The molecule has 0 aliphatic heterocycles. The topological polar surface area (TPSA) is 48.5 Å². The lowest BCUT2D eigenvalue weighted by Gasteiger charge is -2.16. The van der Waals surface area contributed by atoms with E-state index in [1.54, 1.807) is 0 Å². The maximum Gasteiger partial charge on any atom is 0.238 e. The maximum absolute atomic E-state index is 5.35. The molecular weight excluding hydrogens is 659 g/mol. The molecule has 5 nitrogen and oxygen atoms in total. The van der Waals surface area contributed by atoms with Crippen molar-refractivity contribution in [3.8, 4) is 56.7 Å². The van der Waals surface area contributed by atoms with Gasteiger partial charge in [0.05, 0.1) is 22.1 Å². The van der Waals surface area contributed by atoms with Crippen LogP contribution in [0.2, 0.25) is 0 Å². The molecule has 0 fully saturated rings. The van der Waals surface area contributed by atoms with Gasteiger partial charge in [0.15, 0.2) is 11.6 Å². The summed E-state index contributed by atoms with van der Waals surface area (Å²) < 4.78 is 4.77. The van der Waals surface area contributed by atoms with Crippen molar-refractivity contribution in [2.24, 2.45) is 0 Å². The third-order valence-corrected chi connectivity index (χ3v) is 11.1. The van der Waals surface area contributed by atoms with Crippen molar-refractivity contribution in [2.45, 2.75) is 0 Å². The Morgan fingerprint density at radius 3 is 1.52 bits per heavy atom. The second kappa shape index (κ2) is 11.1. The lowest BCUT2D eigenvalue weighted by atomic mass is 9.92. The number of para-hydroxylation sites is 2. The van der Waals surface area contributed by atoms with Crippen LogP contribution in [-0.4, -0.2) is 24.1 Å². The van der Waals surface area contributed by atoms with Crippen LogP contribution in [-0.2, 0) is 0 Å². The summed E-state index contributed by atoms with van der Waals surface area (Å²) in [5.41, 5.74) is 12.3. The minimum atomic E-state index is 0.586. The Morgan fingerprint density at radius 2 is 0.833 bits per heavy atom. The Hall–Kier alpha value is -7.37. The Morgan fingerprint density at radius 1 is 0.315 bits per heavy atom. The molecule has 1 aliphatic carbocycles. The SMILES string of the molecule is c1ccc(-c2nc(-c3ccccc3)nc(-n3c4cccc5c4c4c6c(cccc6c6c(c7ccccc7n6-c6ccccc6)c43)-c3ccccc3-5)n2)cc1. The highest BCUT2D eigenvalue weighted by Gasteiger charge is 2.30. The first-order valence-corrected chi connectivity index (χ1v) is 18.3. The first-order chi connectivity index (χ1) is 26.8. The maximum atomic E-state index is 5.35. The van der Waals surface area contributed by atoms with Crippen molar-refractivity contribution >= 4 is 54.4 Å². The predicted molar refractivity (Wildman–Crippen MR) is 221 cm³/mol. The minimum absolute atomic E-state index is 0.586. The average Bonchev–Trinajstić information content (AvgIpc) is 3.74. The molecule has 1 aliphatic rings. The molecule has 0 saturated heterocycles. The fourth-order valence-electron chi connectivity index (χ4n) is 8.93. The van der Waals surface area contributed by atoms with Crippen molar-refractivity contribution in [3.05, 3.63) is 176 Å². The normalized spacial score (nSPS) is 12.1. The number of fused-ring (bicyclic) bond motifs is 8. The van der Waals surface area contributed by atoms with Crippen LogP contribution in [0.25, 0.3) is 111 Å². The number of benzene rings is 8. The van der Waals surface area contributed by atoms with Crippen LogP contribution in [0.1, 0.15) is 0 Å². The summed E-state index contributed by atoms with van der Waals surface area (Å²) in [6.07, 6.45) is 0. The molecule has 8 aromatic carbocycles. The van der Waals surface area contributed by atoms with E-state index in [1.807, 2.05) is 36.4 Å². The van der Waals surface area contributed by atoms with Gasteiger partial charge in [-0.1, -0.05) is 152 Å². The molecule has 0 unspecified atom stereocenters. The zero-order valence-electron chi connectivity index (χ0n) is 29.0. The summed E-state index contributed by atoms with van der Waals surface area (Å²) in [6, 6.07) is 62.4. The third-order valence-electron chi connectivity index (χ3n) is 11.1. The van der Waals surface area contributed by atoms with E-state index in [0.717, 1.165) is 38.9 Å². The average molecular weight is 688 g/mol. The summed E-state index contributed by atoms with van der Waals surface area (Å²) in [7, 11) is 0. The van der Waals surface area contributed by atoms with E-state index in [2.05, 4.69) is 149 Å². The number of nitrogens with zero attached hydrogens (tertiary/aromatic N) is 5. The van der Waals surface area contributed by atoms with Gasteiger partial charge in [-0.15, -0.1) is 0 Å². The smallest absolute Gasteiger partial charge is 0.238 e. The van der Waals surface area contributed by atoms with Crippen LogP contribution in [0.5, 0.6) is 0 Å². The lowest BCUT2D eigenvalue weighted by molar-refractivity contribution is 0.955. The van der Waals surface area contributed by atoms with Crippen LogP contribution in [0, 0.1) is 0 Å². The zero-order valence-corrected chi connectivity index (χ0v) is 29.0. The van der Waals surface area contributed by atoms with Crippen molar-refractivity contribution in [1.29, 1.82) is 0 Å². The Balaban J connectivity index is 1.37. The lowest BCUT2D eigenvalue weighted by Crippen LogP contribution is -2.07. The van der Waals surface area contributed by atoms with Gasteiger partial charge in [-0.3, -0.25) is 4.57 Å². The summed E-state index contributed by atoms with van der Waals surface area (Å²) in [4.78, 5) is 15.8. The first-order valence-electron chi connectivity index (χ1n) is 18.3. The predicted octanol–water partition coefficient (Wildman–Crippen LogP) is 12.2. The van der Waals surface area contributed by atoms with Crippen LogP contribution < -0.4 is 0 Å². The molecule has 12 rings (SSSR count). The molecule has 0 radical (unpaired) electrons. The quantitative estimate of drug-likeness (QED) is 0.185. The van der Waals surface area contributed by atoms with Gasteiger partial charge in [0.2, 0.25) is 5.95 Å². The Labute approximate surface area is 310 Å². The minimum Gasteiger partial charge on any atom is -0.309 e. The second-order valence-electron chi connectivity index (χ2n) is 14.0. The van der Waals surface area contributed by atoms with Crippen LogP contribution in [0.15, 0.2) is 176 Å². The van der Waals surface area contributed by atoms with Gasteiger partial charge in [0.25, 0.3) is 0 Å². The molecule has 0 bridgehead atoms. The molecule has 3 aromatic heterocycles. The molecule has 0 N–H and O–H groups in total. The summed E-state index contributed by atoms with van der Waals surface area (Å²) in [5.74, 6) is 1.85. The Bertz CT molecular complexity index is 3250. The fraction of sp³-hybridized carbons (Fsp3) is 0.